The number of benzene rings is 1. The smallest absolute Gasteiger partial charge is 0.340 e. The predicted octanol–water partition coefficient (Wildman–Crippen LogP) is 3.39. The molecule has 3 nitrogen and oxygen atoms in total. The van der Waals surface area contributed by atoms with E-state index in [0.29, 0.717) is 11.3 Å². The van der Waals surface area contributed by atoms with Gasteiger partial charge in [0, 0.05) is 5.69 Å². The number of ether oxygens (including phenoxy) is 1. The average Bonchev–Trinajstić information content (AvgIpc) is 2.29. The van der Waals surface area contributed by atoms with Gasteiger partial charge in [0.1, 0.15) is 5.60 Å². The van der Waals surface area contributed by atoms with Gasteiger partial charge < -0.3 is 10.5 Å². The lowest BCUT2D eigenvalue weighted by Crippen LogP contribution is -2.31. The fourth-order valence-electron chi connectivity index (χ4n) is 1.79. The van der Waals surface area contributed by atoms with Crippen LogP contribution in [-0.4, -0.2) is 11.6 Å². The molecular formula is C14H21NO2. The molecule has 1 aromatic rings. The van der Waals surface area contributed by atoms with Crippen LogP contribution in [0.15, 0.2) is 24.3 Å². The van der Waals surface area contributed by atoms with Crippen LogP contribution in [0.25, 0.3) is 0 Å². The van der Waals surface area contributed by atoms with Crippen molar-refractivity contribution in [1.29, 1.82) is 0 Å². The molecule has 0 saturated heterocycles. The molecule has 2 N–H and O–H groups in total. The number of carbonyl (C=O) groups excluding carboxylic acids is 1. The van der Waals surface area contributed by atoms with Crippen LogP contribution >= 0.6 is 0 Å². The number of anilines is 1. The third kappa shape index (κ3) is 3.48. The molecule has 3 heteroatoms. The maximum absolute atomic E-state index is 12.0. The Labute approximate surface area is 103 Å². The quantitative estimate of drug-likeness (QED) is 0.628. The maximum atomic E-state index is 12.0. The molecule has 0 fully saturated rings. The van der Waals surface area contributed by atoms with Crippen LogP contribution in [0.4, 0.5) is 5.69 Å². The third-order valence-corrected chi connectivity index (χ3v) is 3.05. The Morgan fingerprint density at radius 3 is 2.53 bits per heavy atom. The van der Waals surface area contributed by atoms with Gasteiger partial charge >= 0.3 is 5.97 Å². The van der Waals surface area contributed by atoms with Crippen LogP contribution in [0.3, 0.4) is 0 Å². The molecule has 1 aromatic carbocycles. The Kier molecular flexibility index (Phi) is 4.55. The number of hydrogen-bond donors (Lipinski definition) is 1. The molecule has 0 heterocycles. The minimum atomic E-state index is -0.395. The van der Waals surface area contributed by atoms with Crippen molar-refractivity contribution in [1.82, 2.24) is 0 Å². The summed E-state index contributed by atoms with van der Waals surface area (Å²) < 4.78 is 5.58. The summed E-state index contributed by atoms with van der Waals surface area (Å²) in [5.74, 6) is -0.332. The summed E-state index contributed by atoms with van der Waals surface area (Å²) in [4.78, 5) is 12.0. The molecule has 17 heavy (non-hydrogen) atoms. The maximum Gasteiger partial charge on any atom is 0.340 e. The van der Waals surface area contributed by atoms with Gasteiger partial charge in [0.2, 0.25) is 0 Å². The van der Waals surface area contributed by atoms with Crippen molar-refractivity contribution < 1.29 is 9.53 Å². The molecule has 0 radical (unpaired) electrons. The Hall–Kier alpha value is -1.51. The van der Waals surface area contributed by atoms with E-state index in [1.807, 2.05) is 13.8 Å². The number of rotatable bonds is 5. The van der Waals surface area contributed by atoms with Gasteiger partial charge in [-0.15, -0.1) is 0 Å². The largest absolute Gasteiger partial charge is 0.456 e. The second kappa shape index (κ2) is 5.71. The van der Waals surface area contributed by atoms with Gasteiger partial charge in [-0.3, -0.25) is 0 Å². The number of esters is 1. The molecule has 0 aromatic heterocycles. The van der Waals surface area contributed by atoms with Crippen LogP contribution in [0.1, 0.15) is 50.4 Å². The van der Waals surface area contributed by atoms with Crippen LogP contribution in [0.5, 0.6) is 0 Å². The Balaban J connectivity index is 2.82. The van der Waals surface area contributed by atoms with E-state index in [2.05, 4.69) is 6.92 Å². The summed E-state index contributed by atoms with van der Waals surface area (Å²) >= 11 is 0. The fourth-order valence-corrected chi connectivity index (χ4v) is 1.79. The van der Waals surface area contributed by atoms with Gasteiger partial charge in [-0.1, -0.05) is 32.4 Å². The van der Waals surface area contributed by atoms with Crippen molar-refractivity contribution in [3.8, 4) is 0 Å². The monoisotopic (exact) mass is 235 g/mol. The van der Waals surface area contributed by atoms with E-state index in [0.717, 1.165) is 19.3 Å². The Morgan fingerprint density at radius 2 is 2.00 bits per heavy atom. The SMILES string of the molecule is CCC[C@@](C)(CC)OC(=O)c1ccccc1N. The summed E-state index contributed by atoms with van der Waals surface area (Å²) in [5.41, 5.74) is 6.27. The average molecular weight is 235 g/mol. The number of para-hydroxylation sites is 1. The van der Waals surface area contributed by atoms with Crippen LogP contribution in [-0.2, 0) is 4.74 Å². The first-order valence-electron chi connectivity index (χ1n) is 6.10. The highest BCUT2D eigenvalue weighted by Gasteiger charge is 2.26. The van der Waals surface area contributed by atoms with Crippen LogP contribution < -0.4 is 5.73 Å². The molecule has 0 spiro atoms. The van der Waals surface area contributed by atoms with Crippen molar-refractivity contribution in [2.24, 2.45) is 0 Å². The van der Waals surface area contributed by atoms with Crippen molar-refractivity contribution in [3.05, 3.63) is 29.8 Å². The predicted molar refractivity (Wildman–Crippen MR) is 69.9 cm³/mol. The summed E-state index contributed by atoms with van der Waals surface area (Å²) in [6, 6.07) is 6.99. The zero-order chi connectivity index (χ0) is 12.9. The minimum absolute atomic E-state index is 0.332. The van der Waals surface area contributed by atoms with Crippen molar-refractivity contribution in [2.75, 3.05) is 5.73 Å². The highest BCUT2D eigenvalue weighted by atomic mass is 16.6. The van der Waals surface area contributed by atoms with Gasteiger partial charge in [-0.2, -0.15) is 0 Å². The van der Waals surface area contributed by atoms with Gasteiger partial charge in [0.25, 0.3) is 0 Å². The lowest BCUT2D eigenvalue weighted by molar-refractivity contribution is -0.0155. The summed E-state index contributed by atoms with van der Waals surface area (Å²) in [7, 11) is 0. The van der Waals surface area contributed by atoms with Crippen molar-refractivity contribution >= 4 is 11.7 Å². The molecule has 0 aliphatic heterocycles. The summed E-state index contributed by atoms with van der Waals surface area (Å²) in [6.07, 6.45) is 2.66. The van der Waals surface area contributed by atoms with Gasteiger partial charge in [0.05, 0.1) is 5.56 Å². The fraction of sp³-hybridized carbons (Fsp3) is 0.500. The van der Waals surface area contributed by atoms with E-state index in [9.17, 15) is 4.79 Å². The van der Waals surface area contributed by atoms with Crippen LogP contribution in [0, 0.1) is 0 Å². The first kappa shape index (κ1) is 13.6. The lowest BCUT2D eigenvalue weighted by Gasteiger charge is -2.28. The molecule has 1 atom stereocenters. The normalized spacial score (nSPS) is 14.1. The standard InChI is InChI=1S/C14H21NO2/c1-4-10-14(3,5-2)17-13(16)11-8-6-7-9-12(11)15/h6-9H,4-5,10,15H2,1-3H3/t14-/m1/s1. The minimum Gasteiger partial charge on any atom is -0.456 e. The Morgan fingerprint density at radius 1 is 1.35 bits per heavy atom. The molecule has 0 aliphatic carbocycles. The second-order valence-electron chi connectivity index (χ2n) is 4.53. The number of nitrogen functional groups attached to an aromatic ring is 1. The third-order valence-electron chi connectivity index (χ3n) is 3.05. The second-order valence-corrected chi connectivity index (χ2v) is 4.53. The molecule has 1 rings (SSSR count). The zero-order valence-corrected chi connectivity index (χ0v) is 10.8. The van der Waals surface area contributed by atoms with E-state index < -0.39 is 5.60 Å². The van der Waals surface area contributed by atoms with Gasteiger partial charge in [-0.05, 0) is 31.9 Å². The molecule has 94 valence electrons. The summed E-state index contributed by atoms with van der Waals surface area (Å²) in [6.45, 7) is 6.07. The highest BCUT2D eigenvalue weighted by Crippen LogP contribution is 2.24. The molecule has 0 bridgehead atoms. The van der Waals surface area contributed by atoms with Gasteiger partial charge in [-0.25, -0.2) is 4.79 Å². The molecule has 0 saturated carbocycles. The van der Waals surface area contributed by atoms with Crippen LogP contribution in [0.2, 0.25) is 0 Å². The van der Waals surface area contributed by atoms with Crippen molar-refractivity contribution in [2.45, 2.75) is 45.6 Å². The van der Waals surface area contributed by atoms with Gasteiger partial charge in [0.15, 0.2) is 0 Å². The topological polar surface area (TPSA) is 52.3 Å². The molecule has 0 unspecified atom stereocenters. The van der Waals surface area contributed by atoms with E-state index >= 15 is 0 Å². The van der Waals surface area contributed by atoms with E-state index in [-0.39, 0.29) is 5.97 Å². The van der Waals surface area contributed by atoms with E-state index in [1.165, 1.54) is 0 Å². The molecule has 0 aliphatic rings. The molecule has 0 amide bonds. The lowest BCUT2D eigenvalue weighted by atomic mass is 9.97. The van der Waals surface area contributed by atoms with Crippen molar-refractivity contribution in [3.63, 3.8) is 0 Å². The number of carbonyl (C=O) groups is 1. The molecular weight excluding hydrogens is 214 g/mol. The van der Waals surface area contributed by atoms with E-state index in [4.69, 9.17) is 10.5 Å². The zero-order valence-electron chi connectivity index (χ0n) is 10.8. The number of nitrogens with two attached hydrogens (primary N) is 1. The Bertz CT molecular complexity index is 390. The highest BCUT2D eigenvalue weighted by molar-refractivity contribution is 5.95. The van der Waals surface area contributed by atoms with E-state index in [1.54, 1.807) is 24.3 Å². The number of hydrogen-bond acceptors (Lipinski definition) is 3. The summed E-state index contributed by atoms with van der Waals surface area (Å²) in [5, 5.41) is 0. The first-order chi connectivity index (χ1) is 8.02. The first-order valence-corrected chi connectivity index (χ1v) is 6.10.